The number of ether oxygens (including phenoxy) is 1. The van der Waals surface area contributed by atoms with Gasteiger partial charge in [0.05, 0.1) is 18.6 Å². The van der Waals surface area contributed by atoms with Crippen LogP contribution in [0.3, 0.4) is 0 Å². The number of piperazine rings is 1. The van der Waals surface area contributed by atoms with Gasteiger partial charge in [0.25, 0.3) is 0 Å². The zero-order chi connectivity index (χ0) is 24.3. The molecule has 0 aliphatic carbocycles. The molecule has 0 unspecified atom stereocenters. The molecule has 1 aliphatic rings. The Hall–Kier alpha value is -2.81. The van der Waals surface area contributed by atoms with Crippen molar-refractivity contribution in [3.8, 4) is 11.4 Å². The smallest absolute Gasteiger partial charge is 0.211 e. The van der Waals surface area contributed by atoms with E-state index in [2.05, 4.69) is 36.9 Å². The number of benzene rings is 2. The summed E-state index contributed by atoms with van der Waals surface area (Å²) < 4.78 is 31.2. The van der Waals surface area contributed by atoms with E-state index < -0.39 is 10.0 Å². The third-order valence-electron chi connectivity index (χ3n) is 6.26. The van der Waals surface area contributed by atoms with Crippen molar-refractivity contribution in [3.63, 3.8) is 0 Å². The summed E-state index contributed by atoms with van der Waals surface area (Å²) in [4.78, 5) is 12.1. The summed E-state index contributed by atoms with van der Waals surface area (Å²) in [6.45, 7) is 6.61. The first-order valence-electron chi connectivity index (χ1n) is 11.5. The second-order valence-electron chi connectivity index (χ2n) is 8.85. The summed E-state index contributed by atoms with van der Waals surface area (Å²) >= 11 is 0. The van der Waals surface area contributed by atoms with Crippen LogP contribution >= 0.6 is 0 Å². The van der Waals surface area contributed by atoms with Gasteiger partial charge in [0, 0.05) is 50.8 Å². The summed E-state index contributed by atoms with van der Waals surface area (Å²) in [6.07, 6.45) is 1.95. The minimum Gasteiger partial charge on any atom is -0.378 e. The molecule has 0 radical (unpaired) electrons. The first kappa shape index (κ1) is 24.3. The molecule has 0 amide bonds. The average Bonchev–Trinajstić information content (AvgIpc) is 2.82. The fraction of sp³-hybridized carbons (Fsp3) is 0.385. The molecule has 4 rings (SSSR count). The molecule has 8 heteroatoms. The van der Waals surface area contributed by atoms with Crippen LogP contribution in [0.15, 0.2) is 48.5 Å². The molecule has 0 atom stereocenters. The summed E-state index contributed by atoms with van der Waals surface area (Å²) in [5, 5.41) is 0. The van der Waals surface area contributed by atoms with Gasteiger partial charge in [0.1, 0.15) is 5.82 Å². The number of hydrogen-bond donors (Lipinski definition) is 0. The highest BCUT2D eigenvalue weighted by molar-refractivity contribution is 7.88. The topological polar surface area (TPSA) is 75.6 Å². The second kappa shape index (κ2) is 10.2. The maximum absolute atomic E-state index is 12.1. The molecule has 1 fully saturated rings. The quantitative estimate of drug-likeness (QED) is 0.515. The third-order valence-corrected chi connectivity index (χ3v) is 7.57. The zero-order valence-electron chi connectivity index (χ0n) is 20.3. The van der Waals surface area contributed by atoms with Crippen molar-refractivity contribution >= 4 is 15.8 Å². The number of methoxy groups -OCH3 is 1. The number of anilines is 1. The maximum atomic E-state index is 12.1. The first-order chi connectivity index (χ1) is 16.3. The minimum atomic E-state index is -3.21. The van der Waals surface area contributed by atoms with E-state index >= 15 is 0 Å². The van der Waals surface area contributed by atoms with Gasteiger partial charge in [-0.05, 0) is 25.0 Å². The van der Waals surface area contributed by atoms with E-state index in [1.54, 1.807) is 7.11 Å². The molecule has 180 valence electrons. The van der Waals surface area contributed by atoms with Crippen molar-refractivity contribution in [3.05, 3.63) is 76.5 Å². The normalized spacial score (nSPS) is 15.0. The molecule has 1 aromatic heterocycles. The Kier molecular flexibility index (Phi) is 7.30. The van der Waals surface area contributed by atoms with Crippen molar-refractivity contribution in [1.29, 1.82) is 0 Å². The fourth-order valence-corrected chi connectivity index (χ4v) is 5.17. The summed E-state index contributed by atoms with van der Waals surface area (Å²) in [7, 11) is -1.54. The number of nitrogens with zero attached hydrogens (tertiary/aromatic N) is 4. The third kappa shape index (κ3) is 5.46. The van der Waals surface area contributed by atoms with Crippen LogP contribution in [0.25, 0.3) is 11.4 Å². The lowest BCUT2D eigenvalue weighted by Gasteiger charge is -2.35. The van der Waals surface area contributed by atoms with Crippen LogP contribution in [-0.2, 0) is 27.8 Å². The predicted octanol–water partition coefficient (Wildman–Crippen LogP) is 3.58. The molecule has 0 spiro atoms. The van der Waals surface area contributed by atoms with Gasteiger partial charge in [0.15, 0.2) is 5.82 Å². The van der Waals surface area contributed by atoms with Gasteiger partial charge >= 0.3 is 0 Å². The van der Waals surface area contributed by atoms with E-state index in [0.29, 0.717) is 45.0 Å². The van der Waals surface area contributed by atoms with Crippen molar-refractivity contribution < 1.29 is 13.2 Å². The number of aryl methyl sites for hydroxylation is 2. The first-order valence-corrected chi connectivity index (χ1v) is 13.3. The average molecular weight is 481 g/mol. The molecule has 0 N–H and O–H groups in total. The Balaban J connectivity index is 1.81. The van der Waals surface area contributed by atoms with Gasteiger partial charge in [-0.3, -0.25) is 0 Å². The van der Waals surface area contributed by atoms with E-state index in [-0.39, 0.29) is 0 Å². The molecule has 7 nitrogen and oxygen atoms in total. The Bertz CT molecular complexity index is 1250. The monoisotopic (exact) mass is 480 g/mol. The molecular formula is C26H32N4O3S. The summed E-state index contributed by atoms with van der Waals surface area (Å²) in [5.74, 6) is 1.51. The van der Waals surface area contributed by atoms with Crippen LogP contribution in [-0.4, -0.2) is 62.2 Å². The van der Waals surface area contributed by atoms with Gasteiger partial charge in [-0.25, -0.2) is 18.4 Å². The van der Waals surface area contributed by atoms with Crippen molar-refractivity contribution in [2.45, 2.75) is 26.9 Å². The molecule has 1 saturated heterocycles. The van der Waals surface area contributed by atoms with Crippen LogP contribution in [0.1, 0.15) is 27.9 Å². The lowest BCUT2D eigenvalue weighted by atomic mass is 9.97. The van der Waals surface area contributed by atoms with Crippen LogP contribution in [0.4, 0.5) is 5.82 Å². The Morgan fingerprint density at radius 2 is 1.68 bits per heavy atom. The van der Waals surface area contributed by atoms with Crippen molar-refractivity contribution in [2.24, 2.45) is 0 Å². The molecule has 2 heterocycles. The van der Waals surface area contributed by atoms with Gasteiger partial charge in [-0.1, -0.05) is 54.1 Å². The highest BCUT2D eigenvalue weighted by Gasteiger charge is 2.27. The van der Waals surface area contributed by atoms with Crippen molar-refractivity contribution in [2.75, 3.05) is 44.4 Å². The largest absolute Gasteiger partial charge is 0.378 e. The van der Waals surface area contributed by atoms with E-state index in [1.165, 1.54) is 27.3 Å². The summed E-state index contributed by atoms with van der Waals surface area (Å²) in [5.41, 5.74) is 6.48. The molecular weight excluding hydrogens is 448 g/mol. The minimum absolute atomic E-state index is 0.374. The molecule has 34 heavy (non-hydrogen) atoms. The maximum Gasteiger partial charge on any atom is 0.211 e. The number of sulfonamides is 1. The van der Waals surface area contributed by atoms with Gasteiger partial charge in [0.2, 0.25) is 10.0 Å². The Morgan fingerprint density at radius 1 is 0.971 bits per heavy atom. The fourth-order valence-electron chi connectivity index (χ4n) is 4.34. The lowest BCUT2D eigenvalue weighted by Crippen LogP contribution is -2.49. The van der Waals surface area contributed by atoms with Gasteiger partial charge < -0.3 is 9.64 Å². The highest BCUT2D eigenvalue weighted by atomic mass is 32.2. The predicted molar refractivity (Wildman–Crippen MR) is 136 cm³/mol. The number of aromatic nitrogens is 2. The highest BCUT2D eigenvalue weighted by Crippen LogP contribution is 2.30. The zero-order valence-corrected chi connectivity index (χ0v) is 21.1. The molecule has 3 aromatic rings. The van der Waals surface area contributed by atoms with E-state index in [4.69, 9.17) is 14.7 Å². The number of hydrogen-bond acceptors (Lipinski definition) is 6. The SMILES string of the molecule is COCc1nc(-c2ccccc2)nc(N2CCN(S(C)(=O)=O)CC2)c1Cc1cc(C)ccc1C. The molecule has 2 aromatic carbocycles. The van der Waals surface area contributed by atoms with Crippen molar-refractivity contribution in [1.82, 2.24) is 14.3 Å². The molecule has 1 aliphatic heterocycles. The lowest BCUT2D eigenvalue weighted by molar-refractivity contribution is 0.180. The molecule has 0 saturated carbocycles. The van der Waals surface area contributed by atoms with E-state index in [9.17, 15) is 8.42 Å². The van der Waals surface area contributed by atoms with Crippen LogP contribution in [0, 0.1) is 13.8 Å². The van der Waals surface area contributed by atoms with E-state index in [1.807, 2.05) is 30.3 Å². The Labute approximate surface area is 202 Å². The standard InChI is InChI=1S/C26H32N4O3S/c1-19-10-11-20(2)22(16-19)17-23-24(18-33-3)27-25(21-8-6-5-7-9-21)28-26(23)29-12-14-30(15-13-29)34(4,31)32/h5-11,16H,12-15,17-18H2,1-4H3. The second-order valence-corrected chi connectivity index (χ2v) is 10.8. The van der Waals surface area contributed by atoms with Gasteiger partial charge in [-0.15, -0.1) is 0 Å². The van der Waals surface area contributed by atoms with Crippen LogP contribution < -0.4 is 4.90 Å². The van der Waals surface area contributed by atoms with Crippen LogP contribution in [0.5, 0.6) is 0 Å². The van der Waals surface area contributed by atoms with Gasteiger partial charge in [-0.2, -0.15) is 4.31 Å². The summed E-state index contributed by atoms with van der Waals surface area (Å²) in [6, 6.07) is 16.4. The van der Waals surface area contributed by atoms with Crippen LogP contribution in [0.2, 0.25) is 0 Å². The van der Waals surface area contributed by atoms with E-state index in [0.717, 1.165) is 22.6 Å². The number of rotatable bonds is 7. The Morgan fingerprint density at radius 3 is 2.32 bits per heavy atom. The molecule has 0 bridgehead atoms.